The first kappa shape index (κ1) is 17.6. The summed E-state index contributed by atoms with van der Waals surface area (Å²) in [5, 5.41) is 2.87. The van der Waals surface area contributed by atoms with E-state index in [-0.39, 0.29) is 5.91 Å². The average Bonchev–Trinajstić information content (AvgIpc) is 2.58. The minimum Gasteiger partial charge on any atom is -0.493 e. The Morgan fingerprint density at radius 2 is 1.79 bits per heavy atom. The van der Waals surface area contributed by atoms with E-state index in [1.807, 2.05) is 43.3 Å². The van der Waals surface area contributed by atoms with Gasteiger partial charge in [0, 0.05) is 12.6 Å². The highest BCUT2D eigenvalue weighted by atomic mass is 16.5. The number of benzene rings is 2. The van der Waals surface area contributed by atoms with Crippen molar-refractivity contribution in [3.05, 3.63) is 64.7 Å². The number of hydrogen-bond acceptors (Lipinski definition) is 3. The van der Waals surface area contributed by atoms with Crippen molar-refractivity contribution in [1.82, 2.24) is 5.32 Å². The molecule has 0 atom stereocenters. The van der Waals surface area contributed by atoms with Crippen LogP contribution in [0.2, 0.25) is 0 Å². The maximum Gasteiger partial charge on any atom is 0.244 e. The Morgan fingerprint density at radius 3 is 2.46 bits per heavy atom. The number of hydrogen-bond donors (Lipinski definition) is 1. The Labute approximate surface area is 143 Å². The third-order valence-electron chi connectivity index (χ3n) is 3.75. The maximum atomic E-state index is 12.0. The zero-order valence-corrected chi connectivity index (χ0v) is 14.6. The van der Waals surface area contributed by atoms with Gasteiger partial charge in [-0.15, -0.1) is 0 Å². The van der Waals surface area contributed by atoms with E-state index in [2.05, 4.69) is 18.3 Å². The van der Waals surface area contributed by atoms with Crippen LogP contribution in [0, 0.1) is 13.8 Å². The highest BCUT2D eigenvalue weighted by molar-refractivity contribution is 5.91. The van der Waals surface area contributed by atoms with Crippen LogP contribution in [0.5, 0.6) is 11.5 Å². The summed E-state index contributed by atoms with van der Waals surface area (Å²) in [7, 11) is 3.18. The molecule has 0 heterocycles. The molecule has 2 aromatic rings. The molecule has 0 aromatic heterocycles. The predicted molar refractivity (Wildman–Crippen MR) is 96.3 cm³/mol. The number of ether oxygens (including phenoxy) is 2. The molecule has 126 valence electrons. The second-order valence-electron chi connectivity index (χ2n) is 5.60. The lowest BCUT2D eigenvalue weighted by molar-refractivity contribution is -0.116. The molecule has 2 rings (SSSR count). The molecule has 2 aromatic carbocycles. The molecule has 4 heteroatoms. The van der Waals surface area contributed by atoms with E-state index in [0.29, 0.717) is 18.0 Å². The molecule has 24 heavy (non-hydrogen) atoms. The zero-order chi connectivity index (χ0) is 17.5. The van der Waals surface area contributed by atoms with E-state index in [9.17, 15) is 4.79 Å². The molecule has 0 unspecified atom stereocenters. The third-order valence-corrected chi connectivity index (χ3v) is 3.75. The smallest absolute Gasteiger partial charge is 0.244 e. The van der Waals surface area contributed by atoms with Crippen molar-refractivity contribution in [2.24, 2.45) is 0 Å². The van der Waals surface area contributed by atoms with Crippen molar-refractivity contribution in [1.29, 1.82) is 0 Å². The van der Waals surface area contributed by atoms with Gasteiger partial charge in [-0.3, -0.25) is 4.79 Å². The Morgan fingerprint density at radius 1 is 1.04 bits per heavy atom. The Hall–Kier alpha value is -2.75. The molecule has 0 aliphatic heterocycles. The lowest BCUT2D eigenvalue weighted by Crippen LogP contribution is -2.20. The van der Waals surface area contributed by atoms with Crippen molar-refractivity contribution in [3.63, 3.8) is 0 Å². The zero-order valence-electron chi connectivity index (χ0n) is 14.6. The summed E-state index contributed by atoms with van der Waals surface area (Å²) in [4.78, 5) is 12.0. The molecule has 0 saturated heterocycles. The molecule has 0 spiro atoms. The monoisotopic (exact) mass is 325 g/mol. The summed E-state index contributed by atoms with van der Waals surface area (Å²) in [6, 6.07) is 11.7. The first-order valence-electron chi connectivity index (χ1n) is 7.77. The summed E-state index contributed by atoms with van der Waals surface area (Å²) < 4.78 is 10.5. The van der Waals surface area contributed by atoms with Crippen molar-refractivity contribution in [3.8, 4) is 11.5 Å². The summed E-state index contributed by atoms with van der Waals surface area (Å²) in [6.45, 7) is 4.51. The van der Waals surface area contributed by atoms with Crippen LogP contribution in [0.15, 0.2) is 42.5 Å². The van der Waals surface area contributed by atoms with Crippen LogP contribution in [0.3, 0.4) is 0 Å². The second kappa shape index (κ2) is 8.20. The first-order valence-corrected chi connectivity index (χ1v) is 7.77. The normalized spacial score (nSPS) is 10.7. The van der Waals surface area contributed by atoms with Crippen LogP contribution < -0.4 is 14.8 Å². The van der Waals surface area contributed by atoms with Gasteiger partial charge in [-0.1, -0.05) is 29.8 Å². The van der Waals surface area contributed by atoms with Gasteiger partial charge in [0.1, 0.15) is 0 Å². The molecule has 1 N–H and O–H groups in total. The summed E-state index contributed by atoms with van der Waals surface area (Å²) in [5.74, 6) is 1.18. The third kappa shape index (κ3) is 4.62. The SMILES string of the molecule is COc1ccc(CNC(=O)/C=C/c2ccc(C)cc2C)cc1OC. The van der Waals surface area contributed by atoms with E-state index in [4.69, 9.17) is 9.47 Å². The fourth-order valence-corrected chi connectivity index (χ4v) is 2.42. The predicted octanol–water partition coefficient (Wildman–Crippen LogP) is 3.65. The molecule has 0 saturated carbocycles. The number of methoxy groups -OCH3 is 2. The van der Waals surface area contributed by atoms with E-state index >= 15 is 0 Å². The Kier molecular flexibility index (Phi) is 6.01. The van der Waals surface area contributed by atoms with E-state index < -0.39 is 0 Å². The average molecular weight is 325 g/mol. The number of rotatable bonds is 6. The van der Waals surface area contributed by atoms with Crippen molar-refractivity contribution in [2.75, 3.05) is 14.2 Å². The fraction of sp³-hybridized carbons (Fsp3) is 0.250. The fourth-order valence-electron chi connectivity index (χ4n) is 2.42. The molecule has 0 aliphatic carbocycles. The summed E-state index contributed by atoms with van der Waals surface area (Å²) in [5.41, 5.74) is 4.35. The number of carbonyl (C=O) groups excluding carboxylic acids is 1. The van der Waals surface area contributed by atoms with Gasteiger partial charge < -0.3 is 14.8 Å². The second-order valence-corrected chi connectivity index (χ2v) is 5.60. The van der Waals surface area contributed by atoms with E-state index in [1.165, 1.54) is 5.56 Å². The number of carbonyl (C=O) groups is 1. The molecular formula is C20H23NO3. The van der Waals surface area contributed by atoms with Crippen LogP contribution in [-0.2, 0) is 11.3 Å². The lowest BCUT2D eigenvalue weighted by atomic mass is 10.1. The van der Waals surface area contributed by atoms with Crippen LogP contribution in [-0.4, -0.2) is 20.1 Å². The van der Waals surface area contributed by atoms with Crippen LogP contribution in [0.25, 0.3) is 6.08 Å². The standard InChI is InChI=1S/C20H23NO3/c1-14-5-7-17(15(2)11-14)8-10-20(22)21-13-16-6-9-18(23-3)19(12-16)24-4/h5-12H,13H2,1-4H3,(H,21,22)/b10-8+. The van der Waals surface area contributed by atoms with Crippen molar-refractivity contribution in [2.45, 2.75) is 20.4 Å². The molecule has 1 amide bonds. The maximum absolute atomic E-state index is 12.0. The lowest BCUT2D eigenvalue weighted by Gasteiger charge is -2.09. The first-order chi connectivity index (χ1) is 11.5. The minimum atomic E-state index is -0.134. The highest BCUT2D eigenvalue weighted by Gasteiger charge is 2.05. The molecular weight excluding hydrogens is 302 g/mol. The highest BCUT2D eigenvalue weighted by Crippen LogP contribution is 2.27. The molecule has 0 radical (unpaired) electrons. The summed E-state index contributed by atoms with van der Waals surface area (Å²) >= 11 is 0. The van der Waals surface area contributed by atoms with Gasteiger partial charge in [-0.05, 0) is 48.7 Å². The molecule has 4 nitrogen and oxygen atoms in total. The van der Waals surface area contributed by atoms with Crippen molar-refractivity contribution >= 4 is 12.0 Å². The molecule has 0 aliphatic rings. The quantitative estimate of drug-likeness (QED) is 0.825. The van der Waals surface area contributed by atoms with E-state index in [1.54, 1.807) is 20.3 Å². The summed E-state index contributed by atoms with van der Waals surface area (Å²) in [6.07, 6.45) is 3.39. The van der Waals surface area contributed by atoms with Crippen LogP contribution >= 0.6 is 0 Å². The minimum absolute atomic E-state index is 0.134. The van der Waals surface area contributed by atoms with Gasteiger partial charge in [-0.25, -0.2) is 0 Å². The van der Waals surface area contributed by atoms with Gasteiger partial charge in [0.2, 0.25) is 5.91 Å². The number of aryl methyl sites for hydroxylation is 2. The topological polar surface area (TPSA) is 47.6 Å². The van der Waals surface area contributed by atoms with E-state index in [0.717, 1.165) is 16.7 Å². The van der Waals surface area contributed by atoms with Gasteiger partial charge in [0.15, 0.2) is 11.5 Å². The van der Waals surface area contributed by atoms with Crippen LogP contribution in [0.1, 0.15) is 22.3 Å². The van der Waals surface area contributed by atoms with Crippen LogP contribution in [0.4, 0.5) is 0 Å². The van der Waals surface area contributed by atoms with Gasteiger partial charge in [0.25, 0.3) is 0 Å². The number of nitrogens with one attached hydrogen (secondary N) is 1. The van der Waals surface area contributed by atoms with Gasteiger partial charge in [-0.2, -0.15) is 0 Å². The number of amides is 1. The van der Waals surface area contributed by atoms with Crippen molar-refractivity contribution < 1.29 is 14.3 Å². The Bertz CT molecular complexity index is 751. The molecule has 0 fully saturated rings. The molecule has 0 bridgehead atoms. The van der Waals surface area contributed by atoms with Gasteiger partial charge in [0.05, 0.1) is 14.2 Å². The Balaban J connectivity index is 1.97. The van der Waals surface area contributed by atoms with Gasteiger partial charge >= 0.3 is 0 Å². The largest absolute Gasteiger partial charge is 0.493 e.